The lowest BCUT2D eigenvalue weighted by atomic mass is 10.2. The molecule has 0 saturated heterocycles. The van der Waals surface area contributed by atoms with Gasteiger partial charge in [-0.15, -0.1) is 16.8 Å². The van der Waals surface area contributed by atoms with Gasteiger partial charge in [0.15, 0.2) is 11.0 Å². The molecule has 0 aliphatic carbocycles. The maximum Gasteiger partial charge on any atom is 0.234 e. The molecular weight excluding hydrogens is 416 g/mol. The van der Waals surface area contributed by atoms with Gasteiger partial charge in [0.2, 0.25) is 11.8 Å². The molecular formula is C21H22N6O3S. The number of anilines is 2. The Balaban J connectivity index is 1.72. The largest absolute Gasteiger partial charge is 0.495 e. The van der Waals surface area contributed by atoms with Gasteiger partial charge >= 0.3 is 0 Å². The van der Waals surface area contributed by atoms with Crippen molar-refractivity contribution in [2.24, 2.45) is 0 Å². The zero-order chi connectivity index (χ0) is 22.2. The Hall–Kier alpha value is -3.66. The molecule has 0 atom stereocenters. The summed E-state index contributed by atoms with van der Waals surface area (Å²) in [6.45, 7) is 5.71. The van der Waals surface area contributed by atoms with Crippen molar-refractivity contribution in [1.29, 1.82) is 0 Å². The van der Waals surface area contributed by atoms with Crippen LogP contribution in [0.1, 0.15) is 6.92 Å². The standard InChI is InChI=1S/C21H22N6O3S/c1-4-11-27-20(15-7-9-22-10-8-15)25-26-21(27)31-13-19(29)24-17-12-16(23-14(2)28)5-6-18(17)30-3/h4-10,12H,1,11,13H2,2-3H3,(H,23,28)(H,24,29). The first kappa shape index (κ1) is 22.0. The summed E-state index contributed by atoms with van der Waals surface area (Å²) in [6, 6.07) is 8.71. The Morgan fingerprint density at radius 2 is 1.97 bits per heavy atom. The number of nitrogens with zero attached hydrogens (tertiary/aromatic N) is 4. The fraction of sp³-hybridized carbons (Fsp3) is 0.190. The van der Waals surface area contributed by atoms with Gasteiger partial charge in [-0.05, 0) is 30.3 Å². The van der Waals surface area contributed by atoms with E-state index in [9.17, 15) is 9.59 Å². The van der Waals surface area contributed by atoms with Crippen LogP contribution in [0.25, 0.3) is 11.4 Å². The smallest absolute Gasteiger partial charge is 0.234 e. The second kappa shape index (κ2) is 10.4. The van der Waals surface area contributed by atoms with E-state index in [-0.39, 0.29) is 17.6 Å². The predicted octanol–water partition coefficient (Wildman–Crippen LogP) is 3.22. The van der Waals surface area contributed by atoms with Crippen LogP contribution in [-0.4, -0.2) is 44.4 Å². The molecule has 160 valence electrons. The lowest BCUT2D eigenvalue weighted by molar-refractivity contribution is -0.114. The number of aromatic nitrogens is 4. The maximum absolute atomic E-state index is 12.6. The monoisotopic (exact) mass is 438 g/mol. The molecule has 2 amide bonds. The third-order valence-corrected chi connectivity index (χ3v) is 5.06. The van der Waals surface area contributed by atoms with Crippen LogP contribution in [0, 0.1) is 0 Å². The molecule has 0 radical (unpaired) electrons. The molecule has 0 bridgehead atoms. The molecule has 10 heteroatoms. The van der Waals surface area contributed by atoms with Gasteiger partial charge < -0.3 is 15.4 Å². The van der Waals surface area contributed by atoms with Crippen LogP contribution in [-0.2, 0) is 16.1 Å². The van der Waals surface area contributed by atoms with Crippen molar-refractivity contribution in [1.82, 2.24) is 19.7 Å². The predicted molar refractivity (Wildman–Crippen MR) is 120 cm³/mol. The molecule has 9 nitrogen and oxygen atoms in total. The number of hydrogen-bond acceptors (Lipinski definition) is 7. The highest BCUT2D eigenvalue weighted by atomic mass is 32.2. The molecule has 0 spiro atoms. The van der Waals surface area contributed by atoms with Crippen LogP contribution >= 0.6 is 11.8 Å². The van der Waals surface area contributed by atoms with Gasteiger partial charge in [0.25, 0.3) is 0 Å². The van der Waals surface area contributed by atoms with Gasteiger partial charge in [0, 0.05) is 37.1 Å². The van der Waals surface area contributed by atoms with Crippen LogP contribution in [0.2, 0.25) is 0 Å². The molecule has 0 fully saturated rings. The van der Waals surface area contributed by atoms with E-state index < -0.39 is 0 Å². The number of carbonyl (C=O) groups is 2. The Morgan fingerprint density at radius 3 is 2.65 bits per heavy atom. The number of hydrogen-bond donors (Lipinski definition) is 2. The van der Waals surface area contributed by atoms with Crippen molar-refractivity contribution in [3.8, 4) is 17.1 Å². The molecule has 3 rings (SSSR count). The number of rotatable bonds is 9. The van der Waals surface area contributed by atoms with Crippen molar-refractivity contribution >= 4 is 35.0 Å². The van der Waals surface area contributed by atoms with E-state index in [1.807, 2.05) is 16.7 Å². The van der Waals surface area contributed by atoms with Gasteiger partial charge in [-0.1, -0.05) is 17.8 Å². The van der Waals surface area contributed by atoms with Crippen LogP contribution < -0.4 is 15.4 Å². The highest BCUT2D eigenvalue weighted by Crippen LogP contribution is 2.29. The lowest BCUT2D eigenvalue weighted by Gasteiger charge is -2.12. The first-order valence-electron chi connectivity index (χ1n) is 9.34. The SMILES string of the molecule is C=CCn1c(SCC(=O)Nc2cc(NC(C)=O)ccc2OC)nnc1-c1ccncc1. The average Bonchev–Trinajstić information content (AvgIpc) is 3.15. The van der Waals surface area contributed by atoms with Crippen molar-refractivity contribution < 1.29 is 14.3 Å². The first-order valence-corrected chi connectivity index (χ1v) is 10.3. The Morgan fingerprint density at radius 1 is 1.19 bits per heavy atom. The molecule has 2 heterocycles. The van der Waals surface area contributed by atoms with Crippen molar-refractivity contribution in [3.05, 3.63) is 55.4 Å². The summed E-state index contributed by atoms with van der Waals surface area (Å²) >= 11 is 1.26. The molecule has 0 aliphatic heterocycles. The van der Waals surface area contributed by atoms with Crippen molar-refractivity contribution in [3.63, 3.8) is 0 Å². The zero-order valence-electron chi connectivity index (χ0n) is 17.2. The van der Waals surface area contributed by atoms with Crippen LogP contribution in [0.3, 0.4) is 0 Å². The summed E-state index contributed by atoms with van der Waals surface area (Å²) in [5, 5.41) is 14.6. The summed E-state index contributed by atoms with van der Waals surface area (Å²) in [7, 11) is 1.51. The second-order valence-corrected chi connectivity index (χ2v) is 7.32. The Kier molecular flexibility index (Phi) is 7.39. The van der Waals surface area contributed by atoms with Crippen molar-refractivity contribution in [2.45, 2.75) is 18.6 Å². The highest BCUT2D eigenvalue weighted by molar-refractivity contribution is 7.99. The van der Waals surface area contributed by atoms with Gasteiger partial charge in [-0.3, -0.25) is 19.1 Å². The fourth-order valence-corrected chi connectivity index (χ4v) is 3.55. The topological polar surface area (TPSA) is 111 Å². The molecule has 2 aromatic heterocycles. The molecule has 2 N–H and O–H groups in total. The molecule has 3 aromatic rings. The van der Waals surface area contributed by atoms with Gasteiger partial charge in [-0.25, -0.2) is 0 Å². The molecule has 0 aliphatic rings. The van der Waals surface area contributed by atoms with E-state index in [0.29, 0.717) is 34.6 Å². The van der Waals surface area contributed by atoms with E-state index >= 15 is 0 Å². The lowest BCUT2D eigenvalue weighted by Crippen LogP contribution is -2.16. The van der Waals surface area contributed by atoms with Crippen LogP contribution in [0.15, 0.2) is 60.5 Å². The Labute approximate surface area is 183 Å². The summed E-state index contributed by atoms with van der Waals surface area (Å²) < 4.78 is 7.18. The zero-order valence-corrected chi connectivity index (χ0v) is 18.0. The number of benzene rings is 1. The van der Waals surface area contributed by atoms with E-state index in [1.165, 1.54) is 25.8 Å². The van der Waals surface area contributed by atoms with Crippen molar-refractivity contribution in [2.75, 3.05) is 23.5 Å². The molecule has 1 aromatic carbocycles. The summed E-state index contributed by atoms with van der Waals surface area (Å²) in [6.07, 6.45) is 5.12. The minimum atomic E-state index is -0.248. The number of carbonyl (C=O) groups excluding carboxylic acids is 2. The molecule has 31 heavy (non-hydrogen) atoms. The second-order valence-electron chi connectivity index (χ2n) is 6.37. The van der Waals surface area contributed by atoms with Gasteiger partial charge in [0.1, 0.15) is 5.75 Å². The summed E-state index contributed by atoms with van der Waals surface area (Å²) in [4.78, 5) is 27.9. The number of thioether (sulfide) groups is 1. The van der Waals surface area contributed by atoms with Crippen LogP contribution in [0.5, 0.6) is 5.75 Å². The van der Waals surface area contributed by atoms with E-state index in [0.717, 1.165) is 5.56 Å². The quantitative estimate of drug-likeness (QED) is 0.390. The number of allylic oxidation sites excluding steroid dienone is 1. The minimum Gasteiger partial charge on any atom is -0.495 e. The number of amides is 2. The van der Waals surface area contributed by atoms with E-state index in [4.69, 9.17) is 4.74 Å². The van der Waals surface area contributed by atoms with Gasteiger partial charge in [0.05, 0.1) is 18.6 Å². The summed E-state index contributed by atoms with van der Waals surface area (Å²) in [5.41, 5.74) is 1.90. The number of methoxy groups -OCH3 is 1. The number of nitrogens with one attached hydrogen (secondary N) is 2. The fourth-order valence-electron chi connectivity index (χ4n) is 2.81. The first-order chi connectivity index (χ1) is 15.0. The van der Waals surface area contributed by atoms with E-state index in [1.54, 1.807) is 36.7 Å². The third kappa shape index (κ3) is 5.70. The van der Waals surface area contributed by atoms with Crippen LogP contribution in [0.4, 0.5) is 11.4 Å². The number of ether oxygens (including phenoxy) is 1. The van der Waals surface area contributed by atoms with Gasteiger partial charge in [-0.2, -0.15) is 0 Å². The minimum absolute atomic E-state index is 0.110. The molecule has 0 saturated carbocycles. The maximum atomic E-state index is 12.6. The average molecular weight is 439 g/mol. The van der Waals surface area contributed by atoms with E-state index in [2.05, 4.69) is 32.4 Å². The molecule has 0 unspecified atom stereocenters. The number of pyridine rings is 1. The Bertz CT molecular complexity index is 1080. The highest BCUT2D eigenvalue weighted by Gasteiger charge is 2.16. The summed E-state index contributed by atoms with van der Waals surface area (Å²) in [5.74, 6) is 0.822. The normalized spacial score (nSPS) is 10.4. The third-order valence-electron chi connectivity index (χ3n) is 4.09.